The van der Waals surface area contributed by atoms with Gasteiger partial charge in [-0.2, -0.15) is 0 Å². The summed E-state index contributed by atoms with van der Waals surface area (Å²) in [6, 6.07) is 5.12. The van der Waals surface area contributed by atoms with Crippen molar-refractivity contribution in [1.29, 1.82) is 0 Å². The summed E-state index contributed by atoms with van der Waals surface area (Å²) in [7, 11) is 1.60. The van der Waals surface area contributed by atoms with Crippen molar-refractivity contribution in [2.75, 3.05) is 20.2 Å². The number of ether oxygens (including phenoxy) is 1. The number of phenols is 1. The number of nitrogens with one attached hydrogen (secondary N) is 2. The largest absolute Gasteiger partial charge is 0.508 e. The quantitative estimate of drug-likeness (QED) is 0.493. The van der Waals surface area contributed by atoms with E-state index in [2.05, 4.69) is 32.7 Å². The zero-order valence-corrected chi connectivity index (χ0v) is 15.0. The summed E-state index contributed by atoms with van der Waals surface area (Å²) < 4.78 is 7.21. The van der Waals surface area contributed by atoms with E-state index < -0.39 is 0 Å². The van der Waals surface area contributed by atoms with Gasteiger partial charge in [-0.25, -0.2) is 4.99 Å². The van der Waals surface area contributed by atoms with Gasteiger partial charge in [0.1, 0.15) is 23.7 Å². The molecule has 8 heteroatoms. The summed E-state index contributed by atoms with van der Waals surface area (Å²) in [5.74, 6) is 2.55. The Hall–Kier alpha value is -2.77. The Morgan fingerprint density at radius 2 is 2.16 bits per heavy atom. The molecule has 1 aromatic heterocycles. The molecule has 2 aromatic rings. The predicted octanol–water partition coefficient (Wildman–Crippen LogP) is 1.31. The maximum atomic E-state index is 9.95. The van der Waals surface area contributed by atoms with Crippen LogP contribution in [0.5, 0.6) is 11.5 Å². The van der Waals surface area contributed by atoms with Crippen LogP contribution in [0.1, 0.15) is 25.2 Å². The van der Waals surface area contributed by atoms with Gasteiger partial charge in [-0.1, -0.05) is 6.92 Å². The molecule has 0 saturated carbocycles. The normalized spacial score (nSPS) is 11.4. The van der Waals surface area contributed by atoms with Gasteiger partial charge in [0.2, 0.25) is 0 Å². The van der Waals surface area contributed by atoms with E-state index in [-0.39, 0.29) is 5.75 Å². The molecule has 0 saturated heterocycles. The lowest BCUT2D eigenvalue weighted by atomic mass is 10.2. The number of aromatic hydroxyl groups is 1. The number of aliphatic imine (C=N–C) groups is 1. The van der Waals surface area contributed by atoms with Gasteiger partial charge < -0.3 is 25.0 Å². The molecular weight excluding hydrogens is 320 g/mol. The molecule has 0 amide bonds. The number of rotatable bonds is 8. The smallest absolute Gasteiger partial charge is 0.191 e. The third kappa shape index (κ3) is 5.37. The number of aryl methyl sites for hydroxylation is 1. The fourth-order valence-corrected chi connectivity index (χ4v) is 2.36. The Morgan fingerprint density at radius 3 is 2.88 bits per heavy atom. The molecule has 2 rings (SSSR count). The van der Waals surface area contributed by atoms with Crippen LogP contribution in [-0.4, -0.2) is 46.0 Å². The summed E-state index contributed by atoms with van der Waals surface area (Å²) >= 11 is 0. The number of phenolic OH excluding ortho intramolecular Hbond substituents is 1. The number of methoxy groups -OCH3 is 1. The average Bonchev–Trinajstić information content (AvgIpc) is 3.08. The fraction of sp³-hybridized carbons (Fsp3) is 0.471. The Morgan fingerprint density at radius 1 is 1.32 bits per heavy atom. The van der Waals surface area contributed by atoms with Crippen molar-refractivity contribution in [1.82, 2.24) is 25.4 Å². The molecule has 0 fully saturated rings. The minimum atomic E-state index is 0.206. The average molecular weight is 346 g/mol. The van der Waals surface area contributed by atoms with E-state index in [1.165, 1.54) is 0 Å². The molecule has 8 nitrogen and oxygen atoms in total. The summed E-state index contributed by atoms with van der Waals surface area (Å²) in [5.41, 5.74) is 0.712. The van der Waals surface area contributed by atoms with Crippen LogP contribution in [-0.2, 0) is 19.5 Å². The van der Waals surface area contributed by atoms with Crippen molar-refractivity contribution >= 4 is 5.96 Å². The molecule has 1 heterocycles. The first-order chi connectivity index (χ1) is 12.2. The molecule has 0 aliphatic rings. The topological polar surface area (TPSA) is 96.6 Å². The van der Waals surface area contributed by atoms with E-state index in [1.54, 1.807) is 31.6 Å². The van der Waals surface area contributed by atoms with Crippen molar-refractivity contribution in [3.8, 4) is 11.5 Å². The van der Waals surface area contributed by atoms with Crippen LogP contribution >= 0.6 is 0 Å². The van der Waals surface area contributed by atoms with Gasteiger partial charge in [-0.05, 0) is 25.1 Å². The second-order valence-electron chi connectivity index (χ2n) is 5.41. The van der Waals surface area contributed by atoms with E-state index >= 15 is 0 Å². The van der Waals surface area contributed by atoms with Gasteiger partial charge in [-0.3, -0.25) is 0 Å². The van der Waals surface area contributed by atoms with Crippen molar-refractivity contribution < 1.29 is 9.84 Å². The van der Waals surface area contributed by atoms with Crippen LogP contribution in [0, 0.1) is 0 Å². The lowest BCUT2D eigenvalue weighted by molar-refractivity contribution is 0.411. The maximum absolute atomic E-state index is 9.95. The number of hydrogen-bond donors (Lipinski definition) is 3. The maximum Gasteiger partial charge on any atom is 0.191 e. The van der Waals surface area contributed by atoms with E-state index in [0.29, 0.717) is 30.4 Å². The lowest BCUT2D eigenvalue weighted by Gasteiger charge is -2.12. The third-order valence-electron chi connectivity index (χ3n) is 3.70. The fourth-order valence-electron chi connectivity index (χ4n) is 2.36. The molecule has 136 valence electrons. The highest BCUT2D eigenvalue weighted by atomic mass is 16.5. The van der Waals surface area contributed by atoms with Crippen LogP contribution in [0.4, 0.5) is 0 Å². The molecule has 0 bridgehead atoms. The monoisotopic (exact) mass is 346 g/mol. The van der Waals surface area contributed by atoms with Crippen molar-refractivity contribution in [3.63, 3.8) is 0 Å². The number of nitrogens with zero attached hydrogens (tertiary/aromatic N) is 4. The SMILES string of the molecule is CCNC(=NCc1cc(OC)ccc1O)NCCn1cnnc1CC. The second kappa shape index (κ2) is 9.51. The highest BCUT2D eigenvalue weighted by Crippen LogP contribution is 2.23. The molecule has 0 spiro atoms. The highest BCUT2D eigenvalue weighted by molar-refractivity contribution is 5.79. The number of benzene rings is 1. The van der Waals surface area contributed by atoms with E-state index in [4.69, 9.17) is 4.74 Å². The van der Waals surface area contributed by atoms with Crippen molar-refractivity contribution in [2.24, 2.45) is 4.99 Å². The van der Waals surface area contributed by atoms with Crippen LogP contribution < -0.4 is 15.4 Å². The van der Waals surface area contributed by atoms with Crippen LogP contribution in [0.25, 0.3) is 0 Å². The zero-order valence-electron chi connectivity index (χ0n) is 15.0. The first-order valence-corrected chi connectivity index (χ1v) is 8.42. The van der Waals surface area contributed by atoms with Gasteiger partial charge in [-0.15, -0.1) is 10.2 Å². The van der Waals surface area contributed by atoms with E-state index in [9.17, 15) is 5.11 Å². The second-order valence-corrected chi connectivity index (χ2v) is 5.41. The Balaban J connectivity index is 1.96. The van der Waals surface area contributed by atoms with Gasteiger partial charge in [0.25, 0.3) is 0 Å². The van der Waals surface area contributed by atoms with Gasteiger partial charge in [0.05, 0.1) is 13.7 Å². The predicted molar refractivity (Wildman–Crippen MR) is 96.9 cm³/mol. The van der Waals surface area contributed by atoms with Gasteiger partial charge in [0.15, 0.2) is 5.96 Å². The zero-order chi connectivity index (χ0) is 18.1. The molecule has 0 aliphatic carbocycles. The van der Waals surface area contributed by atoms with E-state index in [0.717, 1.165) is 25.3 Å². The van der Waals surface area contributed by atoms with Crippen molar-refractivity contribution in [2.45, 2.75) is 33.4 Å². The minimum absolute atomic E-state index is 0.206. The summed E-state index contributed by atoms with van der Waals surface area (Å²) in [5, 5.41) is 24.4. The number of hydrogen-bond acceptors (Lipinski definition) is 5. The molecule has 0 unspecified atom stereocenters. The van der Waals surface area contributed by atoms with Crippen molar-refractivity contribution in [3.05, 3.63) is 35.9 Å². The summed E-state index contributed by atoms with van der Waals surface area (Å²) in [6.07, 6.45) is 2.59. The third-order valence-corrected chi connectivity index (χ3v) is 3.70. The first kappa shape index (κ1) is 18.6. The summed E-state index contributed by atoms with van der Waals surface area (Å²) in [6.45, 7) is 6.62. The first-order valence-electron chi connectivity index (χ1n) is 8.42. The van der Waals surface area contributed by atoms with Gasteiger partial charge in [0, 0.05) is 31.6 Å². The van der Waals surface area contributed by atoms with Crippen LogP contribution in [0.3, 0.4) is 0 Å². The molecule has 25 heavy (non-hydrogen) atoms. The Bertz CT molecular complexity index is 698. The molecule has 3 N–H and O–H groups in total. The lowest BCUT2D eigenvalue weighted by Crippen LogP contribution is -2.38. The molecular formula is C17H26N6O2. The highest BCUT2D eigenvalue weighted by Gasteiger charge is 2.05. The molecule has 0 aliphatic heterocycles. The van der Waals surface area contributed by atoms with Crippen LogP contribution in [0.15, 0.2) is 29.5 Å². The van der Waals surface area contributed by atoms with E-state index in [1.807, 2.05) is 11.5 Å². The minimum Gasteiger partial charge on any atom is -0.508 e. The summed E-state index contributed by atoms with van der Waals surface area (Å²) in [4.78, 5) is 4.52. The standard InChI is InChI=1S/C17H26N6O2/c1-4-16-22-21-12-23(16)9-8-19-17(18-5-2)20-11-13-10-14(25-3)6-7-15(13)24/h6-7,10,12,24H,4-5,8-9,11H2,1-3H3,(H2,18,19,20). The van der Waals surface area contributed by atoms with Gasteiger partial charge >= 0.3 is 0 Å². The Labute approximate surface area is 148 Å². The molecule has 1 aromatic carbocycles. The molecule has 0 atom stereocenters. The van der Waals surface area contributed by atoms with Crippen LogP contribution in [0.2, 0.25) is 0 Å². The Kier molecular flexibility index (Phi) is 7.06. The number of aromatic nitrogens is 3. The number of guanidine groups is 1. The molecule has 0 radical (unpaired) electrons.